The van der Waals surface area contributed by atoms with E-state index in [0.717, 1.165) is 41.2 Å². The second-order valence-electron chi connectivity index (χ2n) is 6.89. The van der Waals surface area contributed by atoms with E-state index in [2.05, 4.69) is 10.1 Å². The van der Waals surface area contributed by atoms with Gasteiger partial charge in [0.2, 0.25) is 0 Å². The van der Waals surface area contributed by atoms with Crippen molar-refractivity contribution in [1.29, 1.82) is 0 Å². The number of hydrogen-bond donors (Lipinski definition) is 1. The fraction of sp³-hybridized carbons (Fsp3) is 0.0455. The summed E-state index contributed by atoms with van der Waals surface area (Å²) >= 11 is 0. The molecule has 3 aromatic carbocycles. The van der Waals surface area contributed by atoms with Gasteiger partial charge in [-0.1, -0.05) is 24.3 Å². The van der Waals surface area contributed by atoms with Gasteiger partial charge in [0.05, 0.1) is 27.6 Å². The molecule has 0 atom stereocenters. The number of alkyl halides is 3. The van der Waals surface area contributed by atoms with E-state index in [-0.39, 0.29) is 39.3 Å². The molecule has 11 heteroatoms. The number of phenols is 1. The largest absolute Gasteiger partial charge is 0.507 e. The summed E-state index contributed by atoms with van der Waals surface area (Å²) in [5, 5.41) is 25.2. The lowest BCUT2D eigenvalue weighted by Crippen LogP contribution is -2.20. The van der Waals surface area contributed by atoms with Crippen molar-refractivity contribution in [2.45, 2.75) is 6.18 Å². The molecule has 166 valence electrons. The summed E-state index contributed by atoms with van der Waals surface area (Å²) in [6, 6.07) is 13.7. The maximum atomic E-state index is 13.2. The van der Waals surface area contributed by atoms with Gasteiger partial charge in [0.25, 0.3) is 11.2 Å². The molecule has 0 aliphatic rings. The number of hydrogen-bond acceptors (Lipinski definition) is 6. The third kappa shape index (κ3) is 4.28. The van der Waals surface area contributed by atoms with Crippen LogP contribution in [-0.2, 0) is 6.18 Å². The van der Waals surface area contributed by atoms with Gasteiger partial charge in [0.1, 0.15) is 5.75 Å². The third-order valence-corrected chi connectivity index (χ3v) is 4.74. The van der Waals surface area contributed by atoms with E-state index >= 15 is 0 Å². The minimum absolute atomic E-state index is 0.0203. The summed E-state index contributed by atoms with van der Waals surface area (Å²) in [4.78, 5) is 27.8. The van der Waals surface area contributed by atoms with Crippen molar-refractivity contribution in [3.05, 3.63) is 98.3 Å². The van der Waals surface area contributed by atoms with Crippen LogP contribution in [0.5, 0.6) is 5.75 Å². The molecule has 0 aliphatic carbocycles. The topological polar surface area (TPSA) is 111 Å². The number of aromatic nitrogens is 2. The number of benzene rings is 3. The molecule has 0 unspecified atom stereocenters. The summed E-state index contributed by atoms with van der Waals surface area (Å²) in [6.45, 7) is 0. The van der Waals surface area contributed by atoms with Crippen LogP contribution in [0.3, 0.4) is 0 Å². The molecule has 1 aromatic heterocycles. The zero-order chi connectivity index (χ0) is 23.8. The normalized spacial score (nSPS) is 11.8. The van der Waals surface area contributed by atoms with Crippen molar-refractivity contribution < 1.29 is 23.2 Å². The Morgan fingerprint density at radius 1 is 1.06 bits per heavy atom. The lowest BCUT2D eigenvalue weighted by atomic mass is 10.1. The quantitative estimate of drug-likeness (QED) is 0.276. The molecule has 0 radical (unpaired) electrons. The van der Waals surface area contributed by atoms with Gasteiger partial charge in [-0.15, -0.1) is 0 Å². The molecule has 0 saturated carbocycles. The molecule has 4 aromatic rings. The number of para-hydroxylation sites is 1. The Bertz CT molecular complexity index is 1480. The predicted molar refractivity (Wildman–Crippen MR) is 114 cm³/mol. The van der Waals surface area contributed by atoms with Crippen LogP contribution >= 0.6 is 0 Å². The molecule has 8 nitrogen and oxygen atoms in total. The van der Waals surface area contributed by atoms with E-state index in [4.69, 9.17) is 0 Å². The zero-order valence-corrected chi connectivity index (χ0v) is 16.5. The van der Waals surface area contributed by atoms with Gasteiger partial charge in [-0.3, -0.25) is 14.9 Å². The average Bonchev–Trinajstić information content (AvgIpc) is 2.78. The van der Waals surface area contributed by atoms with Gasteiger partial charge < -0.3 is 5.11 Å². The van der Waals surface area contributed by atoms with Gasteiger partial charge in [0, 0.05) is 23.3 Å². The highest BCUT2D eigenvalue weighted by Gasteiger charge is 2.31. The third-order valence-electron chi connectivity index (χ3n) is 4.74. The molecule has 0 aliphatic heterocycles. The van der Waals surface area contributed by atoms with Crippen molar-refractivity contribution >= 4 is 22.8 Å². The summed E-state index contributed by atoms with van der Waals surface area (Å²) in [5.74, 6) is -0.516. The number of nitro benzene ring substituents is 1. The average molecular weight is 454 g/mol. The lowest BCUT2D eigenvalue weighted by molar-refractivity contribution is -0.384. The van der Waals surface area contributed by atoms with Crippen LogP contribution < -0.4 is 5.56 Å². The minimum Gasteiger partial charge on any atom is -0.507 e. The number of rotatable bonds is 4. The highest BCUT2D eigenvalue weighted by Crippen LogP contribution is 2.32. The maximum absolute atomic E-state index is 13.2. The molecule has 1 heterocycles. The SMILES string of the molecule is O=c1c2ccccc2nc(-c2cccc(C(F)(F)F)c2)n1N=Cc1cc([N+](=O)[O-])ccc1O. The first-order valence-electron chi connectivity index (χ1n) is 9.36. The molecule has 33 heavy (non-hydrogen) atoms. The Kier molecular flexibility index (Phi) is 5.38. The van der Waals surface area contributed by atoms with Crippen LogP contribution in [0.2, 0.25) is 0 Å². The van der Waals surface area contributed by atoms with E-state index in [1.54, 1.807) is 12.1 Å². The summed E-state index contributed by atoms with van der Waals surface area (Å²) in [5.41, 5.74) is -1.77. The summed E-state index contributed by atoms with van der Waals surface area (Å²) in [7, 11) is 0. The minimum atomic E-state index is -4.62. The Morgan fingerprint density at radius 2 is 1.82 bits per heavy atom. The highest BCUT2D eigenvalue weighted by molar-refractivity contribution is 5.85. The first-order chi connectivity index (χ1) is 15.6. The van der Waals surface area contributed by atoms with Crippen LogP contribution in [0.15, 0.2) is 76.6 Å². The Hall–Kier alpha value is -4.54. The predicted octanol–water partition coefficient (Wildman–Crippen LogP) is 4.58. The van der Waals surface area contributed by atoms with Crippen LogP contribution in [0.25, 0.3) is 22.3 Å². The molecule has 0 fully saturated rings. The van der Waals surface area contributed by atoms with Gasteiger partial charge in [-0.05, 0) is 30.3 Å². The number of phenolic OH excluding ortho intramolecular Hbond substituents is 1. The summed E-state index contributed by atoms with van der Waals surface area (Å²) < 4.78 is 40.5. The van der Waals surface area contributed by atoms with E-state index in [1.165, 1.54) is 24.3 Å². The number of fused-ring (bicyclic) bond motifs is 1. The second kappa shape index (κ2) is 8.19. The Morgan fingerprint density at radius 3 is 2.55 bits per heavy atom. The van der Waals surface area contributed by atoms with Crippen LogP contribution in [0, 0.1) is 10.1 Å². The molecule has 1 N–H and O–H groups in total. The molecular formula is C22H13F3N4O4. The van der Waals surface area contributed by atoms with E-state index in [9.17, 15) is 33.2 Å². The van der Waals surface area contributed by atoms with Crippen LogP contribution in [0.1, 0.15) is 11.1 Å². The van der Waals surface area contributed by atoms with Gasteiger partial charge in [-0.2, -0.15) is 22.9 Å². The molecule has 0 spiro atoms. The van der Waals surface area contributed by atoms with Crippen molar-refractivity contribution in [3.8, 4) is 17.1 Å². The molecule has 0 amide bonds. The Labute approximate surface area is 183 Å². The Balaban J connectivity index is 1.94. The van der Waals surface area contributed by atoms with E-state index in [1.807, 2.05) is 0 Å². The number of aromatic hydroxyl groups is 1. The van der Waals surface area contributed by atoms with Crippen LogP contribution in [-0.4, -0.2) is 25.9 Å². The molecule has 0 bridgehead atoms. The first-order valence-corrected chi connectivity index (χ1v) is 9.36. The van der Waals surface area contributed by atoms with Gasteiger partial charge in [-0.25, -0.2) is 4.98 Å². The number of nitrogens with zero attached hydrogens (tertiary/aromatic N) is 4. The van der Waals surface area contributed by atoms with Crippen molar-refractivity contribution in [2.75, 3.05) is 0 Å². The molecular weight excluding hydrogens is 441 g/mol. The monoisotopic (exact) mass is 454 g/mol. The lowest BCUT2D eigenvalue weighted by Gasteiger charge is -2.12. The maximum Gasteiger partial charge on any atom is 0.416 e. The second-order valence-corrected chi connectivity index (χ2v) is 6.89. The number of halogens is 3. The van der Waals surface area contributed by atoms with E-state index < -0.39 is 22.2 Å². The summed E-state index contributed by atoms with van der Waals surface area (Å²) in [6.07, 6.45) is -3.62. The van der Waals surface area contributed by atoms with Crippen molar-refractivity contribution in [3.63, 3.8) is 0 Å². The van der Waals surface area contributed by atoms with Crippen LogP contribution in [0.4, 0.5) is 18.9 Å². The standard InChI is InChI=1S/C22H13F3N4O4/c23-22(24,25)15-5-3-4-13(10-15)20-27-18-7-2-1-6-17(18)21(31)28(20)26-12-14-11-16(29(32)33)8-9-19(14)30/h1-12,30H. The smallest absolute Gasteiger partial charge is 0.416 e. The van der Waals surface area contributed by atoms with Crippen molar-refractivity contribution in [1.82, 2.24) is 9.66 Å². The fourth-order valence-corrected chi connectivity index (χ4v) is 3.13. The first kappa shape index (κ1) is 21.7. The highest BCUT2D eigenvalue weighted by atomic mass is 19.4. The number of nitro groups is 1. The van der Waals surface area contributed by atoms with Crippen molar-refractivity contribution in [2.24, 2.45) is 5.10 Å². The van der Waals surface area contributed by atoms with Gasteiger partial charge in [0.15, 0.2) is 5.82 Å². The molecule has 4 rings (SSSR count). The van der Waals surface area contributed by atoms with E-state index in [0.29, 0.717) is 0 Å². The fourth-order valence-electron chi connectivity index (χ4n) is 3.13. The zero-order valence-electron chi connectivity index (χ0n) is 16.5. The van der Waals surface area contributed by atoms with Gasteiger partial charge >= 0.3 is 6.18 Å². The molecule has 0 saturated heterocycles. The number of non-ortho nitro benzene ring substituents is 1.